The van der Waals surface area contributed by atoms with Crippen LogP contribution < -0.4 is 0 Å². The number of nitrogens with zero attached hydrogens (tertiary/aromatic N) is 3. The van der Waals surface area contributed by atoms with Crippen LogP contribution in [0.5, 0.6) is 0 Å². The van der Waals surface area contributed by atoms with Gasteiger partial charge in [-0.2, -0.15) is 0 Å². The average Bonchev–Trinajstić information content (AvgIpc) is 3.34. The molecule has 0 atom stereocenters. The molecule has 1 amide bonds. The summed E-state index contributed by atoms with van der Waals surface area (Å²) in [6.07, 6.45) is 6.30. The van der Waals surface area contributed by atoms with Crippen molar-refractivity contribution in [2.45, 2.75) is 45.1 Å². The Bertz CT molecular complexity index is 726. The van der Waals surface area contributed by atoms with E-state index in [1.165, 1.54) is 22.9 Å². The highest BCUT2D eigenvalue weighted by Crippen LogP contribution is 2.29. The average molecular weight is 374 g/mol. The first-order valence-electron chi connectivity index (χ1n) is 9.65. The van der Waals surface area contributed by atoms with E-state index >= 15 is 0 Å². The molecular formula is C20H27N3O2S. The maximum atomic E-state index is 12.5. The third-order valence-corrected chi connectivity index (χ3v) is 6.60. The molecule has 4 heterocycles. The summed E-state index contributed by atoms with van der Waals surface area (Å²) < 4.78 is 7.94. The van der Waals surface area contributed by atoms with Gasteiger partial charge in [0.1, 0.15) is 5.82 Å². The summed E-state index contributed by atoms with van der Waals surface area (Å²) in [6.45, 7) is 6.61. The lowest BCUT2D eigenvalue weighted by molar-refractivity contribution is 0.0684. The number of aromatic nitrogens is 2. The zero-order valence-corrected chi connectivity index (χ0v) is 16.2. The number of carbonyl (C=O) groups is 1. The maximum absolute atomic E-state index is 12.5. The summed E-state index contributed by atoms with van der Waals surface area (Å²) in [7, 11) is 0. The second-order valence-corrected chi connectivity index (χ2v) is 8.42. The van der Waals surface area contributed by atoms with Crippen molar-refractivity contribution in [1.82, 2.24) is 14.5 Å². The van der Waals surface area contributed by atoms with E-state index in [1.54, 1.807) is 0 Å². The van der Waals surface area contributed by atoms with Crippen LogP contribution in [-0.4, -0.2) is 46.7 Å². The van der Waals surface area contributed by atoms with Crippen molar-refractivity contribution >= 4 is 17.2 Å². The van der Waals surface area contributed by atoms with E-state index in [9.17, 15) is 4.79 Å². The Morgan fingerprint density at radius 3 is 2.73 bits per heavy atom. The molecule has 4 rings (SSSR count). The number of carbonyl (C=O) groups excluding carboxylic acids is 1. The highest BCUT2D eigenvalue weighted by molar-refractivity contribution is 7.12. The summed E-state index contributed by atoms with van der Waals surface area (Å²) in [5.74, 6) is 2.58. The number of piperidine rings is 1. The van der Waals surface area contributed by atoms with Gasteiger partial charge >= 0.3 is 0 Å². The quantitative estimate of drug-likeness (QED) is 0.821. The lowest BCUT2D eigenvalue weighted by Crippen LogP contribution is -2.39. The van der Waals surface area contributed by atoms with Crippen LogP contribution in [0.3, 0.4) is 0 Å². The van der Waals surface area contributed by atoms with E-state index in [0.29, 0.717) is 11.8 Å². The normalized spacial score (nSPS) is 19.8. The van der Waals surface area contributed by atoms with E-state index in [4.69, 9.17) is 9.72 Å². The topological polar surface area (TPSA) is 47.4 Å². The molecule has 2 aromatic rings. The Labute approximate surface area is 159 Å². The van der Waals surface area contributed by atoms with Crippen molar-refractivity contribution in [3.63, 3.8) is 0 Å². The number of imidazole rings is 1. The fourth-order valence-electron chi connectivity index (χ4n) is 4.13. The number of ether oxygens (including phenoxy) is 1. The van der Waals surface area contributed by atoms with Gasteiger partial charge in [0.05, 0.1) is 4.88 Å². The first-order chi connectivity index (χ1) is 12.7. The van der Waals surface area contributed by atoms with Crippen molar-refractivity contribution < 1.29 is 9.53 Å². The van der Waals surface area contributed by atoms with Crippen LogP contribution in [0.15, 0.2) is 23.7 Å². The van der Waals surface area contributed by atoms with Gasteiger partial charge in [-0.3, -0.25) is 4.79 Å². The number of rotatable bonds is 4. The minimum absolute atomic E-state index is 0.195. The van der Waals surface area contributed by atoms with E-state index in [-0.39, 0.29) is 5.91 Å². The van der Waals surface area contributed by atoms with Crippen LogP contribution in [-0.2, 0) is 11.3 Å². The molecule has 2 aliphatic rings. The Balaban J connectivity index is 1.37. The summed E-state index contributed by atoms with van der Waals surface area (Å²) >= 11 is 1.54. The molecule has 0 saturated carbocycles. The number of hydrogen-bond acceptors (Lipinski definition) is 4. The number of hydrogen-bond donors (Lipinski definition) is 0. The van der Waals surface area contributed by atoms with Crippen LogP contribution in [0, 0.1) is 12.8 Å². The molecule has 2 fully saturated rings. The molecule has 0 radical (unpaired) electrons. The van der Waals surface area contributed by atoms with Crippen LogP contribution >= 0.6 is 11.3 Å². The molecule has 140 valence electrons. The Hall–Kier alpha value is -1.66. The summed E-state index contributed by atoms with van der Waals surface area (Å²) in [6, 6.07) is 3.87. The van der Waals surface area contributed by atoms with E-state index in [1.807, 2.05) is 28.6 Å². The first kappa shape index (κ1) is 17.7. The highest BCUT2D eigenvalue weighted by Gasteiger charge is 2.27. The van der Waals surface area contributed by atoms with Gasteiger partial charge in [0.2, 0.25) is 0 Å². The molecule has 0 aromatic carbocycles. The van der Waals surface area contributed by atoms with Gasteiger partial charge in [0, 0.05) is 50.7 Å². The molecule has 26 heavy (non-hydrogen) atoms. The maximum Gasteiger partial charge on any atom is 0.263 e. The molecule has 0 unspecified atom stereocenters. The van der Waals surface area contributed by atoms with Gasteiger partial charge < -0.3 is 14.2 Å². The van der Waals surface area contributed by atoms with Gasteiger partial charge in [-0.25, -0.2) is 4.98 Å². The minimum atomic E-state index is 0.195. The fourth-order valence-corrected chi connectivity index (χ4v) is 4.82. The molecule has 2 saturated heterocycles. The number of amides is 1. The van der Waals surface area contributed by atoms with Crippen LogP contribution in [0.1, 0.15) is 52.8 Å². The second kappa shape index (κ2) is 7.92. The monoisotopic (exact) mass is 373 g/mol. The van der Waals surface area contributed by atoms with Gasteiger partial charge in [-0.1, -0.05) is 6.07 Å². The standard InChI is InChI=1S/C20H27N3O2S/c1-15-13-21-19(17-6-10-25-11-7-17)23(15)14-16-4-8-22(9-5-16)20(24)18-3-2-12-26-18/h2-3,12-13,16-17H,4-11,14H2,1H3. The fraction of sp³-hybridized carbons (Fsp3) is 0.600. The van der Waals surface area contributed by atoms with Crippen molar-refractivity contribution in [3.8, 4) is 0 Å². The Morgan fingerprint density at radius 2 is 2.04 bits per heavy atom. The molecule has 0 aliphatic carbocycles. The number of thiophene rings is 1. The molecule has 5 nitrogen and oxygen atoms in total. The molecule has 0 bridgehead atoms. The van der Waals surface area contributed by atoms with Crippen molar-refractivity contribution in [3.05, 3.63) is 40.1 Å². The SMILES string of the molecule is Cc1cnc(C2CCOCC2)n1CC1CCN(C(=O)c2cccs2)CC1. The third-order valence-electron chi connectivity index (χ3n) is 5.75. The largest absolute Gasteiger partial charge is 0.381 e. The van der Waals surface area contributed by atoms with Gasteiger partial charge in [-0.05, 0) is 50.0 Å². The smallest absolute Gasteiger partial charge is 0.263 e. The second-order valence-electron chi connectivity index (χ2n) is 7.47. The van der Waals surface area contributed by atoms with Crippen LogP contribution in [0.25, 0.3) is 0 Å². The summed E-state index contributed by atoms with van der Waals surface area (Å²) in [5, 5.41) is 1.97. The summed E-state index contributed by atoms with van der Waals surface area (Å²) in [4.78, 5) is 20.1. The zero-order chi connectivity index (χ0) is 17.9. The van der Waals surface area contributed by atoms with Crippen LogP contribution in [0.4, 0.5) is 0 Å². The predicted molar refractivity (Wildman–Crippen MR) is 103 cm³/mol. The van der Waals surface area contributed by atoms with E-state index in [0.717, 1.165) is 63.4 Å². The predicted octanol–water partition coefficient (Wildman–Crippen LogP) is 3.70. The molecule has 2 aliphatic heterocycles. The van der Waals surface area contributed by atoms with Gasteiger partial charge in [-0.15, -0.1) is 11.3 Å². The highest BCUT2D eigenvalue weighted by atomic mass is 32.1. The van der Waals surface area contributed by atoms with Crippen LogP contribution in [0.2, 0.25) is 0 Å². The van der Waals surface area contributed by atoms with Gasteiger partial charge in [0.25, 0.3) is 5.91 Å². The molecule has 6 heteroatoms. The Kier molecular flexibility index (Phi) is 5.41. The summed E-state index contributed by atoms with van der Waals surface area (Å²) in [5.41, 5.74) is 1.25. The molecular weight excluding hydrogens is 346 g/mol. The lowest BCUT2D eigenvalue weighted by Gasteiger charge is -2.33. The lowest BCUT2D eigenvalue weighted by atomic mass is 9.95. The number of likely N-dealkylation sites (tertiary alicyclic amines) is 1. The first-order valence-corrected chi connectivity index (χ1v) is 10.5. The Morgan fingerprint density at radius 1 is 1.27 bits per heavy atom. The van der Waals surface area contributed by atoms with Crippen molar-refractivity contribution in [2.24, 2.45) is 5.92 Å². The van der Waals surface area contributed by atoms with Gasteiger partial charge in [0.15, 0.2) is 0 Å². The molecule has 0 spiro atoms. The molecule has 0 N–H and O–H groups in total. The van der Waals surface area contributed by atoms with E-state index in [2.05, 4.69) is 11.5 Å². The van der Waals surface area contributed by atoms with E-state index < -0.39 is 0 Å². The third kappa shape index (κ3) is 3.71. The zero-order valence-electron chi connectivity index (χ0n) is 15.4. The molecule has 2 aromatic heterocycles. The van der Waals surface area contributed by atoms with Crippen molar-refractivity contribution in [1.29, 1.82) is 0 Å². The van der Waals surface area contributed by atoms with Crippen molar-refractivity contribution in [2.75, 3.05) is 26.3 Å². The minimum Gasteiger partial charge on any atom is -0.381 e. The number of aryl methyl sites for hydroxylation is 1.